The number of carbonyl (C=O) groups excluding carboxylic acids is 1. The molecular formula is C15H16ClNO3. The first-order valence-electron chi connectivity index (χ1n) is 6.78. The van der Waals surface area contributed by atoms with Gasteiger partial charge >= 0.3 is 5.97 Å². The number of halogens is 1. The van der Waals surface area contributed by atoms with E-state index in [0.717, 1.165) is 5.69 Å². The number of Topliss-reactive ketones (excluding diaryl/α,β-unsaturated/α-hetero) is 1. The Morgan fingerprint density at radius 2 is 2.00 bits per heavy atom. The minimum atomic E-state index is -0.889. The van der Waals surface area contributed by atoms with Gasteiger partial charge in [0.25, 0.3) is 0 Å². The maximum absolute atomic E-state index is 12.2. The third kappa shape index (κ3) is 2.40. The molecule has 0 amide bonds. The molecule has 2 fully saturated rings. The fourth-order valence-corrected chi connectivity index (χ4v) is 2.89. The topological polar surface area (TPSA) is 57.6 Å². The summed E-state index contributed by atoms with van der Waals surface area (Å²) >= 11 is 6.25. The van der Waals surface area contributed by atoms with E-state index in [1.54, 1.807) is 12.1 Å². The molecule has 2 unspecified atom stereocenters. The summed E-state index contributed by atoms with van der Waals surface area (Å²) in [5.74, 6) is -1.90. The van der Waals surface area contributed by atoms with Crippen LogP contribution in [0.1, 0.15) is 29.6 Å². The van der Waals surface area contributed by atoms with E-state index < -0.39 is 11.9 Å². The van der Waals surface area contributed by atoms with Gasteiger partial charge < -0.3 is 10.0 Å². The van der Waals surface area contributed by atoms with Crippen molar-refractivity contribution in [1.82, 2.24) is 0 Å². The molecule has 2 atom stereocenters. The normalized spacial score (nSPS) is 24.3. The Hall–Kier alpha value is -1.55. The van der Waals surface area contributed by atoms with Gasteiger partial charge in [-0.25, -0.2) is 0 Å². The van der Waals surface area contributed by atoms with Gasteiger partial charge in [-0.15, -0.1) is 0 Å². The number of nitrogens with zero attached hydrogens (tertiary/aromatic N) is 1. The van der Waals surface area contributed by atoms with E-state index in [4.69, 9.17) is 16.7 Å². The number of carboxylic acids is 1. The summed E-state index contributed by atoms with van der Waals surface area (Å²) in [6.07, 6.45) is 2.79. The van der Waals surface area contributed by atoms with Crippen molar-refractivity contribution in [2.75, 3.05) is 11.9 Å². The van der Waals surface area contributed by atoms with Gasteiger partial charge in [-0.3, -0.25) is 9.59 Å². The molecule has 0 bridgehead atoms. The molecule has 1 aromatic rings. The molecule has 2 saturated carbocycles. The second-order valence-electron chi connectivity index (χ2n) is 5.66. The fraction of sp³-hybridized carbons (Fsp3) is 0.467. The van der Waals surface area contributed by atoms with E-state index in [0.29, 0.717) is 23.0 Å². The summed E-state index contributed by atoms with van der Waals surface area (Å²) < 4.78 is 0. The maximum atomic E-state index is 12.2. The monoisotopic (exact) mass is 293 g/mol. The number of ketones is 1. The van der Waals surface area contributed by atoms with Gasteiger partial charge in [-0.1, -0.05) is 11.6 Å². The van der Waals surface area contributed by atoms with E-state index in [9.17, 15) is 9.59 Å². The standard InChI is InChI=1S/C15H16ClNO3/c1-17(9-3-4-9)13-5-2-8(6-12(13)16)14(18)10-7-11(10)15(19)20/h2,5-6,9-11H,3-4,7H2,1H3,(H,19,20). The molecule has 4 nitrogen and oxygen atoms in total. The summed E-state index contributed by atoms with van der Waals surface area (Å²) in [7, 11) is 2.00. The molecule has 5 heteroatoms. The van der Waals surface area contributed by atoms with Crippen molar-refractivity contribution in [3.8, 4) is 0 Å². The van der Waals surface area contributed by atoms with Crippen LogP contribution in [0, 0.1) is 11.8 Å². The van der Waals surface area contributed by atoms with Crippen LogP contribution in [-0.4, -0.2) is 29.9 Å². The minimum Gasteiger partial charge on any atom is -0.481 e. The molecule has 0 heterocycles. The van der Waals surface area contributed by atoms with Crippen molar-refractivity contribution in [3.05, 3.63) is 28.8 Å². The Morgan fingerprint density at radius 1 is 1.30 bits per heavy atom. The Kier molecular flexibility index (Phi) is 3.21. The van der Waals surface area contributed by atoms with Crippen LogP contribution in [-0.2, 0) is 4.79 Å². The molecule has 0 saturated heterocycles. The summed E-state index contributed by atoms with van der Waals surface area (Å²) in [5, 5.41) is 9.43. The van der Waals surface area contributed by atoms with Crippen LogP contribution < -0.4 is 4.90 Å². The highest BCUT2D eigenvalue weighted by Crippen LogP contribution is 2.42. The van der Waals surface area contributed by atoms with Gasteiger partial charge in [0.05, 0.1) is 16.6 Å². The highest BCUT2D eigenvalue weighted by Gasteiger charge is 2.48. The Balaban J connectivity index is 1.77. The van der Waals surface area contributed by atoms with Crippen LogP contribution in [0.3, 0.4) is 0 Å². The molecule has 20 heavy (non-hydrogen) atoms. The van der Waals surface area contributed by atoms with Crippen LogP contribution in [0.4, 0.5) is 5.69 Å². The average Bonchev–Trinajstić information content (AvgIpc) is 3.29. The smallest absolute Gasteiger partial charge is 0.307 e. The number of aliphatic carboxylic acids is 1. The predicted octanol–water partition coefficient (Wildman–Crippen LogP) is 2.84. The average molecular weight is 294 g/mol. The molecular weight excluding hydrogens is 278 g/mol. The van der Waals surface area contributed by atoms with Crippen molar-refractivity contribution in [2.24, 2.45) is 11.8 Å². The van der Waals surface area contributed by atoms with Crippen LogP contribution in [0.25, 0.3) is 0 Å². The van der Waals surface area contributed by atoms with Gasteiger partial charge in [-0.05, 0) is 37.5 Å². The van der Waals surface area contributed by atoms with Gasteiger partial charge in [-0.2, -0.15) is 0 Å². The second-order valence-corrected chi connectivity index (χ2v) is 6.07. The Bertz CT molecular complexity index is 582. The van der Waals surface area contributed by atoms with Crippen molar-refractivity contribution in [2.45, 2.75) is 25.3 Å². The zero-order valence-electron chi connectivity index (χ0n) is 11.2. The predicted molar refractivity (Wildman–Crippen MR) is 76.4 cm³/mol. The molecule has 3 rings (SSSR count). The summed E-state index contributed by atoms with van der Waals surface area (Å²) in [5.41, 5.74) is 1.44. The maximum Gasteiger partial charge on any atom is 0.307 e. The van der Waals surface area contributed by atoms with Crippen LogP contribution in [0.2, 0.25) is 5.02 Å². The minimum absolute atomic E-state index is 0.111. The van der Waals surface area contributed by atoms with Crippen molar-refractivity contribution in [3.63, 3.8) is 0 Å². The van der Waals surface area contributed by atoms with Gasteiger partial charge in [0, 0.05) is 24.6 Å². The van der Waals surface area contributed by atoms with Crippen LogP contribution in [0.5, 0.6) is 0 Å². The molecule has 1 N–H and O–H groups in total. The van der Waals surface area contributed by atoms with Crippen LogP contribution in [0.15, 0.2) is 18.2 Å². The van der Waals surface area contributed by atoms with E-state index in [-0.39, 0.29) is 11.7 Å². The lowest BCUT2D eigenvalue weighted by molar-refractivity contribution is -0.138. The number of anilines is 1. The zero-order chi connectivity index (χ0) is 14.4. The quantitative estimate of drug-likeness (QED) is 0.848. The molecule has 1 aromatic carbocycles. The zero-order valence-corrected chi connectivity index (χ0v) is 11.9. The number of benzene rings is 1. The second kappa shape index (κ2) is 4.77. The van der Waals surface area contributed by atoms with Crippen molar-refractivity contribution in [1.29, 1.82) is 0 Å². The van der Waals surface area contributed by atoms with Crippen molar-refractivity contribution < 1.29 is 14.7 Å². The molecule has 0 aliphatic heterocycles. The number of rotatable bonds is 5. The molecule has 0 spiro atoms. The highest BCUT2D eigenvalue weighted by atomic mass is 35.5. The third-order valence-electron chi connectivity index (χ3n) is 4.15. The molecule has 0 radical (unpaired) electrons. The fourth-order valence-electron chi connectivity index (χ4n) is 2.58. The SMILES string of the molecule is CN(c1ccc(C(=O)C2CC2C(=O)O)cc1Cl)C1CC1. The Labute approximate surface area is 122 Å². The van der Waals surface area contributed by atoms with Gasteiger partial charge in [0.2, 0.25) is 0 Å². The molecule has 2 aliphatic carbocycles. The number of hydrogen-bond acceptors (Lipinski definition) is 3. The lowest BCUT2D eigenvalue weighted by Gasteiger charge is -2.20. The Morgan fingerprint density at radius 3 is 2.50 bits per heavy atom. The molecule has 2 aliphatic rings. The van der Waals surface area contributed by atoms with Crippen molar-refractivity contribution >= 4 is 29.0 Å². The first kappa shape index (κ1) is 13.4. The number of hydrogen-bond donors (Lipinski definition) is 1. The molecule has 106 valence electrons. The summed E-state index contributed by atoms with van der Waals surface area (Å²) in [4.78, 5) is 25.1. The van der Waals surface area contributed by atoms with Gasteiger partial charge in [0.15, 0.2) is 5.78 Å². The third-order valence-corrected chi connectivity index (χ3v) is 4.45. The lowest BCUT2D eigenvalue weighted by atomic mass is 10.1. The largest absolute Gasteiger partial charge is 0.481 e. The summed E-state index contributed by atoms with van der Waals surface area (Å²) in [6.45, 7) is 0. The van der Waals surface area contributed by atoms with E-state index in [2.05, 4.69) is 4.90 Å². The van der Waals surface area contributed by atoms with Gasteiger partial charge in [0.1, 0.15) is 0 Å². The number of carboxylic acid groups (broad SMARTS) is 1. The van der Waals surface area contributed by atoms with E-state index in [1.807, 2.05) is 13.1 Å². The first-order valence-corrected chi connectivity index (χ1v) is 7.16. The first-order chi connectivity index (χ1) is 9.49. The molecule has 0 aromatic heterocycles. The lowest BCUT2D eigenvalue weighted by Crippen LogP contribution is -2.20. The van der Waals surface area contributed by atoms with Crippen LogP contribution >= 0.6 is 11.6 Å². The highest BCUT2D eigenvalue weighted by molar-refractivity contribution is 6.33. The van der Waals surface area contributed by atoms with E-state index in [1.165, 1.54) is 12.8 Å². The van der Waals surface area contributed by atoms with E-state index >= 15 is 0 Å². The summed E-state index contributed by atoms with van der Waals surface area (Å²) in [6, 6.07) is 5.81. The number of carbonyl (C=O) groups is 2.